The molecule has 0 saturated heterocycles. The highest BCUT2D eigenvalue weighted by Crippen LogP contribution is 2.10. The van der Waals surface area contributed by atoms with Crippen LogP contribution in [0.2, 0.25) is 0 Å². The van der Waals surface area contributed by atoms with Crippen LogP contribution in [0.4, 0.5) is 0 Å². The van der Waals surface area contributed by atoms with Crippen molar-refractivity contribution in [3.63, 3.8) is 0 Å². The van der Waals surface area contributed by atoms with Crippen LogP contribution in [0.3, 0.4) is 0 Å². The van der Waals surface area contributed by atoms with Crippen molar-refractivity contribution in [3.05, 3.63) is 70.8 Å². The van der Waals surface area contributed by atoms with Gasteiger partial charge in [0, 0.05) is 13.1 Å². The second-order valence-corrected chi connectivity index (χ2v) is 4.54. The SMILES string of the molecule is NCc1ccc(CCc2cccc(CN)c2)cc1. The lowest BCUT2D eigenvalue weighted by Crippen LogP contribution is -1.99. The predicted molar refractivity (Wildman–Crippen MR) is 76.1 cm³/mol. The van der Waals surface area contributed by atoms with Crippen LogP contribution in [-0.2, 0) is 25.9 Å². The standard InChI is InChI=1S/C16H20N2/c17-11-15-8-5-13(6-9-15)4-7-14-2-1-3-16(10-14)12-18/h1-3,5-6,8-10H,4,7,11-12,17-18H2. The fourth-order valence-corrected chi connectivity index (χ4v) is 2.04. The summed E-state index contributed by atoms with van der Waals surface area (Å²) in [5.41, 5.74) is 16.3. The molecule has 0 radical (unpaired) electrons. The Kier molecular flexibility index (Phi) is 4.51. The third-order valence-electron chi connectivity index (χ3n) is 3.19. The first-order valence-electron chi connectivity index (χ1n) is 6.37. The van der Waals surface area contributed by atoms with Gasteiger partial charge in [-0.1, -0.05) is 48.5 Å². The molecule has 2 aromatic carbocycles. The van der Waals surface area contributed by atoms with Crippen molar-refractivity contribution in [2.75, 3.05) is 0 Å². The number of nitrogens with two attached hydrogens (primary N) is 2. The van der Waals surface area contributed by atoms with E-state index in [4.69, 9.17) is 11.5 Å². The molecule has 4 N–H and O–H groups in total. The lowest BCUT2D eigenvalue weighted by Gasteiger charge is -2.05. The molecule has 0 aliphatic heterocycles. The van der Waals surface area contributed by atoms with Crippen molar-refractivity contribution in [1.82, 2.24) is 0 Å². The van der Waals surface area contributed by atoms with Gasteiger partial charge < -0.3 is 11.5 Å². The molecule has 0 aromatic heterocycles. The van der Waals surface area contributed by atoms with Gasteiger partial charge in [-0.3, -0.25) is 0 Å². The predicted octanol–water partition coefficient (Wildman–Crippen LogP) is 2.39. The quantitative estimate of drug-likeness (QED) is 0.843. The van der Waals surface area contributed by atoms with Gasteiger partial charge in [0.05, 0.1) is 0 Å². The van der Waals surface area contributed by atoms with E-state index in [0.29, 0.717) is 13.1 Å². The number of hydrogen-bond donors (Lipinski definition) is 2. The molecule has 2 aromatic rings. The fourth-order valence-electron chi connectivity index (χ4n) is 2.04. The van der Waals surface area contributed by atoms with Crippen LogP contribution >= 0.6 is 0 Å². The molecule has 0 bridgehead atoms. The maximum Gasteiger partial charge on any atom is 0.0178 e. The average Bonchev–Trinajstić information content (AvgIpc) is 2.46. The van der Waals surface area contributed by atoms with Crippen LogP contribution in [0, 0.1) is 0 Å². The molecule has 0 fully saturated rings. The maximum absolute atomic E-state index is 5.65. The Morgan fingerprint density at radius 2 is 1.17 bits per heavy atom. The van der Waals surface area contributed by atoms with Crippen LogP contribution in [-0.4, -0.2) is 0 Å². The first kappa shape index (κ1) is 12.8. The normalized spacial score (nSPS) is 10.6. The van der Waals surface area contributed by atoms with E-state index in [0.717, 1.165) is 12.8 Å². The molecule has 0 amide bonds. The van der Waals surface area contributed by atoms with Gasteiger partial charge >= 0.3 is 0 Å². The van der Waals surface area contributed by atoms with Gasteiger partial charge in [-0.2, -0.15) is 0 Å². The smallest absolute Gasteiger partial charge is 0.0178 e. The zero-order valence-corrected chi connectivity index (χ0v) is 10.6. The molecule has 2 nitrogen and oxygen atoms in total. The van der Waals surface area contributed by atoms with Crippen molar-refractivity contribution in [1.29, 1.82) is 0 Å². The molecule has 0 aliphatic carbocycles. The van der Waals surface area contributed by atoms with E-state index >= 15 is 0 Å². The van der Waals surface area contributed by atoms with Crippen LogP contribution in [0.5, 0.6) is 0 Å². The van der Waals surface area contributed by atoms with Crippen LogP contribution < -0.4 is 11.5 Å². The van der Waals surface area contributed by atoms with Crippen molar-refractivity contribution in [3.8, 4) is 0 Å². The summed E-state index contributed by atoms with van der Waals surface area (Å²) in [7, 11) is 0. The Balaban J connectivity index is 1.97. The molecule has 94 valence electrons. The van der Waals surface area contributed by atoms with Gasteiger partial charge in [0.1, 0.15) is 0 Å². The van der Waals surface area contributed by atoms with Gasteiger partial charge in [0.25, 0.3) is 0 Å². The minimum Gasteiger partial charge on any atom is -0.326 e. The third-order valence-corrected chi connectivity index (χ3v) is 3.19. The molecule has 0 saturated carbocycles. The highest BCUT2D eigenvalue weighted by molar-refractivity contribution is 5.26. The molecular formula is C16H20N2. The number of aryl methyl sites for hydroxylation is 2. The van der Waals surface area contributed by atoms with Gasteiger partial charge in [0.2, 0.25) is 0 Å². The Hall–Kier alpha value is -1.64. The lowest BCUT2D eigenvalue weighted by atomic mass is 10.0. The van der Waals surface area contributed by atoms with Crippen LogP contribution in [0.25, 0.3) is 0 Å². The Morgan fingerprint density at radius 3 is 1.83 bits per heavy atom. The van der Waals surface area contributed by atoms with Gasteiger partial charge in [-0.05, 0) is 35.1 Å². The summed E-state index contributed by atoms with van der Waals surface area (Å²) in [6.07, 6.45) is 2.11. The van der Waals surface area contributed by atoms with Crippen molar-refractivity contribution in [2.24, 2.45) is 11.5 Å². The van der Waals surface area contributed by atoms with E-state index in [9.17, 15) is 0 Å². The summed E-state index contributed by atoms with van der Waals surface area (Å²) < 4.78 is 0. The number of rotatable bonds is 5. The summed E-state index contributed by atoms with van der Waals surface area (Å²) in [6, 6.07) is 17.0. The highest BCUT2D eigenvalue weighted by Gasteiger charge is 1.98. The first-order valence-corrected chi connectivity index (χ1v) is 6.37. The monoisotopic (exact) mass is 240 g/mol. The van der Waals surface area contributed by atoms with E-state index in [1.54, 1.807) is 0 Å². The van der Waals surface area contributed by atoms with E-state index in [1.165, 1.54) is 22.3 Å². The molecule has 2 heteroatoms. The number of hydrogen-bond acceptors (Lipinski definition) is 2. The molecule has 0 heterocycles. The van der Waals surface area contributed by atoms with Crippen LogP contribution in [0.15, 0.2) is 48.5 Å². The van der Waals surface area contributed by atoms with E-state index < -0.39 is 0 Å². The van der Waals surface area contributed by atoms with E-state index in [1.807, 2.05) is 0 Å². The zero-order chi connectivity index (χ0) is 12.8. The minimum absolute atomic E-state index is 0.610. The Labute approximate surface area is 109 Å². The third kappa shape index (κ3) is 3.42. The van der Waals surface area contributed by atoms with Gasteiger partial charge in [0.15, 0.2) is 0 Å². The zero-order valence-electron chi connectivity index (χ0n) is 10.6. The Morgan fingerprint density at radius 1 is 0.611 bits per heavy atom. The van der Waals surface area contributed by atoms with Gasteiger partial charge in [-0.15, -0.1) is 0 Å². The minimum atomic E-state index is 0.610. The maximum atomic E-state index is 5.65. The second-order valence-electron chi connectivity index (χ2n) is 4.54. The Bertz CT molecular complexity index is 489. The van der Waals surface area contributed by atoms with E-state index in [2.05, 4.69) is 48.5 Å². The summed E-state index contributed by atoms with van der Waals surface area (Å²) in [5.74, 6) is 0. The fraction of sp³-hybridized carbons (Fsp3) is 0.250. The summed E-state index contributed by atoms with van der Waals surface area (Å²) in [4.78, 5) is 0. The van der Waals surface area contributed by atoms with E-state index in [-0.39, 0.29) is 0 Å². The van der Waals surface area contributed by atoms with Crippen molar-refractivity contribution in [2.45, 2.75) is 25.9 Å². The molecular weight excluding hydrogens is 220 g/mol. The molecule has 0 atom stereocenters. The van der Waals surface area contributed by atoms with Gasteiger partial charge in [-0.25, -0.2) is 0 Å². The molecule has 2 rings (SSSR count). The molecule has 0 spiro atoms. The average molecular weight is 240 g/mol. The summed E-state index contributed by atoms with van der Waals surface area (Å²) >= 11 is 0. The molecule has 0 unspecified atom stereocenters. The summed E-state index contributed by atoms with van der Waals surface area (Å²) in [5, 5.41) is 0. The van der Waals surface area contributed by atoms with Crippen molar-refractivity contribution >= 4 is 0 Å². The molecule has 18 heavy (non-hydrogen) atoms. The lowest BCUT2D eigenvalue weighted by molar-refractivity contribution is 0.946. The largest absolute Gasteiger partial charge is 0.326 e. The summed E-state index contributed by atoms with van der Waals surface area (Å²) in [6.45, 7) is 1.22. The number of benzene rings is 2. The van der Waals surface area contributed by atoms with Crippen molar-refractivity contribution < 1.29 is 0 Å². The highest BCUT2D eigenvalue weighted by atomic mass is 14.5. The topological polar surface area (TPSA) is 52.0 Å². The molecule has 0 aliphatic rings. The van der Waals surface area contributed by atoms with Crippen LogP contribution in [0.1, 0.15) is 22.3 Å². The first-order chi connectivity index (χ1) is 8.81. The second kappa shape index (κ2) is 6.34.